The average molecular weight is 417 g/mol. The Kier molecular flexibility index (Phi) is 6.30. The maximum absolute atomic E-state index is 9.42. The van der Waals surface area contributed by atoms with Crippen LogP contribution in [-0.4, -0.2) is 17.3 Å². The van der Waals surface area contributed by atoms with Crippen molar-refractivity contribution in [2.75, 3.05) is 12.0 Å². The van der Waals surface area contributed by atoms with E-state index in [4.69, 9.17) is 27.9 Å². The number of anilines is 1. The van der Waals surface area contributed by atoms with E-state index in [1.165, 1.54) is 11.3 Å². The van der Waals surface area contributed by atoms with Crippen molar-refractivity contribution in [3.8, 4) is 23.1 Å². The Bertz CT molecular complexity index is 1010. The number of halogens is 2. The van der Waals surface area contributed by atoms with Crippen LogP contribution in [0.3, 0.4) is 0 Å². The van der Waals surface area contributed by atoms with Crippen LogP contribution in [0.2, 0.25) is 10.0 Å². The predicted molar refractivity (Wildman–Crippen MR) is 111 cm³/mol. The molecule has 1 heterocycles. The molecule has 0 saturated carbocycles. The molecule has 8 heteroatoms. The summed E-state index contributed by atoms with van der Waals surface area (Å²) in [4.78, 5) is 4.47. The lowest BCUT2D eigenvalue weighted by atomic mass is 10.2. The van der Waals surface area contributed by atoms with Crippen molar-refractivity contribution in [2.24, 2.45) is 5.10 Å². The molecule has 27 heavy (non-hydrogen) atoms. The molecule has 0 bridgehead atoms. The molecule has 136 valence electrons. The second-order valence-electron chi connectivity index (χ2n) is 5.30. The van der Waals surface area contributed by atoms with Gasteiger partial charge in [0.05, 0.1) is 23.0 Å². The molecule has 1 aromatic heterocycles. The van der Waals surface area contributed by atoms with Crippen LogP contribution in [0.5, 0.6) is 5.75 Å². The Morgan fingerprint density at radius 3 is 2.70 bits per heavy atom. The minimum absolute atomic E-state index is 0.185. The fraction of sp³-hybridized carbons (Fsp3) is 0.105. The molecular formula is C19H14Cl2N4OS. The minimum atomic E-state index is 0.185. The molecule has 2 aromatic carbocycles. The topological polar surface area (TPSA) is 70.3 Å². The van der Waals surface area contributed by atoms with Gasteiger partial charge in [0, 0.05) is 16.0 Å². The molecule has 0 atom stereocenters. The average Bonchev–Trinajstić information content (AvgIpc) is 3.13. The number of ether oxygens (including phenoxy) is 1. The zero-order chi connectivity index (χ0) is 19.2. The predicted octanol–water partition coefficient (Wildman–Crippen LogP) is 5.86. The molecule has 3 rings (SSSR count). The maximum atomic E-state index is 9.42. The molecular weight excluding hydrogens is 403 g/mol. The molecule has 5 nitrogen and oxygen atoms in total. The van der Waals surface area contributed by atoms with Gasteiger partial charge < -0.3 is 4.74 Å². The van der Waals surface area contributed by atoms with Crippen LogP contribution < -0.4 is 10.2 Å². The number of nitrogens with one attached hydrogen (secondary N) is 1. The van der Waals surface area contributed by atoms with Crippen molar-refractivity contribution in [3.63, 3.8) is 0 Å². The minimum Gasteiger partial charge on any atom is -0.494 e. The van der Waals surface area contributed by atoms with Gasteiger partial charge in [-0.3, -0.25) is 5.43 Å². The molecule has 0 amide bonds. The molecule has 0 fully saturated rings. The number of benzene rings is 2. The summed E-state index contributed by atoms with van der Waals surface area (Å²) in [5.74, 6) is 0.775. The third-order valence-electron chi connectivity index (χ3n) is 3.48. The Hall–Kier alpha value is -2.59. The van der Waals surface area contributed by atoms with E-state index in [2.05, 4.69) is 21.6 Å². The van der Waals surface area contributed by atoms with Gasteiger partial charge in [0.2, 0.25) is 0 Å². The summed E-state index contributed by atoms with van der Waals surface area (Å²) in [6.07, 6.45) is 0. The molecule has 0 aliphatic rings. The zero-order valence-corrected chi connectivity index (χ0v) is 16.6. The lowest BCUT2D eigenvalue weighted by Crippen LogP contribution is -2.01. The van der Waals surface area contributed by atoms with E-state index in [1.54, 1.807) is 18.2 Å². The standard InChI is InChI=1S/C19H14Cl2N4OS/c1-2-26-14-6-4-13(5-7-14)24-25-17(10-22)19-23-18(11-27-19)15-8-3-12(20)9-16(15)21/h3-9,11,24H,2H2,1H3. The van der Waals surface area contributed by atoms with Crippen molar-refractivity contribution in [1.82, 2.24) is 4.98 Å². The van der Waals surface area contributed by atoms with Gasteiger partial charge in [0.15, 0.2) is 10.7 Å². The normalized spacial score (nSPS) is 11.1. The Morgan fingerprint density at radius 1 is 1.26 bits per heavy atom. The number of aromatic nitrogens is 1. The van der Waals surface area contributed by atoms with Gasteiger partial charge in [-0.25, -0.2) is 4.98 Å². The van der Waals surface area contributed by atoms with Crippen molar-refractivity contribution in [2.45, 2.75) is 6.92 Å². The van der Waals surface area contributed by atoms with Crippen LogP contribution in [-0.2, 0) is 0 Å². The maximum Gasteiger partial charge on any atom is 0.196 e. The van der Waals surface area contributed by atoms with Gasteiger partial charge in [0.25, 0.3) is 0 Å². The first-order valence-electron chi connectivity index (χ1n) is 7.98. The van der Waals surface area contributed by atoms with E-state index in [9.17, 15) is 5.26 Å². The molecule has 0 saturated heterocycles. The van der Waals surface area contributed by atoms with Crippen molar-refractivity contribution >= 4 is 45.9 Å². The van der Waals surface area contributed by atoms with Gasteiger partial charge in [0.1, 0.15) is 11.8 Å². The van der Waals surface area contributed by atoms with E-state index < -0.39 is 0 Å². The number of nitrogens with zero attached hydrogens (tertiary/aromatic N) is 3. The molecule has 0 spiro atoms. The Labute approximate surface area is 170 Å². The van der Waals surface area contributed by atoms with Crippen LogP contribution in [0.15, 0.2) is 52.9 Å². The number of rotatable bonds is 6. The van der Waals surface area contributed by atoms with E-state index in [0.29, 0.717) is 27.4 Å². The number of hydrogen-bond donors (Lipinski definition) is 1. The van der Waals surface area contributed by atoms with Gasteiger partial charge in [-0.05, 0) is 49.4 Å². The molecule has 0 aliphatic heterocycles. The fourth-order valence-corrected chi connectivity index (χ4v) is 3.50. The number of thiazole rings is 1. The van der Waals surface area contributed by atoms with Crippen molar-refractivity contribution in [3.05, 3.63) is 62.9 Å². The monoisotopic (exact) mass is 416 g/mol. The van der Waals surface area contributed by atoms with Gasteiger partial charge in [-0.1, -0.05) is 23.2 Å². The number of hydrazone groups is 1. The van der Waals surface area contributed by atoms with E-state index in [1.807, 2.05) is 36.6 Å². The first-order chi connectivity index (χ1) is 13.1. The van der Waals surface area contributed by atoms with Gasteiger partial charge in [-0.2, -0.15) is 10.4 Å². The number of nitriles is 1. The van der Waals surface area contributed by atoms with E-state index in [-0.39, 0.29) is 5.71 Å². The molecule has 1 N–H and O–H groups in total. The third-order valence-corrected chi connectivity index (χ3v) is 4.88. The molecule has 0 unspecified atom stereocenters. The summed E-state index contributed by atoms with van der Waals surface area (Å²) >= 11 is 13.5. The lowest BCUT2D eigenvalue weighted by Gasteiger charge is -2.04. The van der Waals surface area contributed by atoms with Crippen molar-refractivity contribution in [1.29, 1.82) is 5.26 Å². The van der Waals surface area contributed by atoms with Gasteiger partial charge >= 0.3 is 0 Å². The van der Waals surface area contributed by atoms with Crippen LogP contribution >= 0.6 is 34.5 Å². The second-order valence-corrected chi connectivity index (χ2v) is 7.01. The highest BCUT2D eigenvalue weighted by Gasteiger charge is 2.13. The quantitative estimate of drug-likeness (QED) is 0.403. The number of hydrogen-bond acceptors (Lipinski definition) is 6. The largest absolute Gasteiger partial charge is 0.494 e. The lowest BCUT2D eigenvalue weighted by molar-refractivity contribution is 0.340. The Balaban J connectivity index is 1.78. The summed E-state index contributed by atoms with van der Waals surface area (Å²) in [6, 6.07) is 14.6. The summed E-state index contributed by atoms with van der Waals surface area (Å²) < 4.78 is 5.40. The molecule has 0 aliphatic carbocycles. The molecule has 3 aromatic rings. The third kappa shape index (κ3) is 4.77. The summed E-state index contributed by atoms with van der Waals surface area (Å²) in [7, 11) is 0. The smallest absolute Gasteiger partial charge is 0.196 e. The first-order valence-corrected chi connectivity index (χ1v) is 9.62. The summed E-state index contributed by atoms with van der Waals surface area (Å²) in [5, 5.41) is 17.0. The van der Waals surface area contributed by atoms with E-state index in [0.717, 1.165) is 17.0 Å². The van der Waals surface area contributed by atoms with Crippen LogP contribution in [0.4, 0.5) is 5.69 Å². The van der Waals surface area contributed by atoms with E-state index >= 15 is 0 Å². The van der Waals surface area contributed by atoms with Crippen LogP contribution in [0, 0.1) is 11.3 Å². The van der Waals surface area contributed by atoms with Crippen LogP contribution in [0.25, 0.3) is 11.3 Å². The Morgan fingerprint density at radius 2 is 2.04 bits per heavy atom. The first kappa shape index (κ1) is 19.2. The van der Waals surface area contributed by atoms with Gasteiger partial charge in [-0.15, -0.1) is 11.3 Å². The summed E-state index contributed by atoms with van der Waals surface area (Å²) in [6.45, 7) is 2.53. The second kappa shape index (κ2) is 8.87. The zero-order valence-electron chi connectivity index (χ0n) is 14.2. The molecule has 0 radical (unpaired) electrons. The SMILES string of the molecule is CCOc1ccc(NN=C(C#N)c2nc(-c3ccc(Cl)cc3Cl)cs2)cc1. The van der Waals surface area contributed by atoms with Crippen molar-refractivity contribution < 1.29 is 4.74 Å². The highest BCUT2D eigenvalue weighted by atomic mass is 35.5. The fourth-order valence-electron chi connectivity index (χ4n) is 2.24. The highest BCUT2D eigenvalue weighted by molar-refractivity contribution is 7.12. The van der Waals surface area contributed by atoms with Crippen LogP contribution in [0.1, 0.15) is 11.9 Å². The highest BCUT2D eigenvalue weighted by Crippen LogP contribution is 2.31. The summed E-state index contributed by atoms with van der Waals surface area (Å²) in [5.41, 5.74) is 5.21.